The summed E-state index contributed by atoms with van der Waals surface area (Å²) >= 11 is 0. The van der Waals surface area contributed by atoms with Crippen molar-refractivity contribution in [3.05, 3.63) is 108 Å². The molecule has 4 heteroatoms. The van der Waals surface area contributed by atoms with Gasteiger partial charge < -0.3 is 14.6 Å². The van der Waals surface area contributed by atoms with Crippen LogP contribution >= 0.6 is 0 Å². The maximum atomic E-state index is 9.97. The van der Waals surface area contributed by atoms with Gasteiger partial charge in [0.1, 0.15) is 0 Å². The number of rotatable bonds is 11. The molecule has 1 heterocycles. The Hall–Kier alpha value is -2.50. The van der Waals surface area contributed by atoms with Gasteiger partial charge >= 0.3 is 0 Å². The van der Waals surface area contributed by atoms with Crippen LogP contribution in [-0.4, -0.2) is 41.9 Å². The van der Waals surface area contributed by atoms with E-state index in [1.807, 2.05) is 36.4 Å². The van der Waals surface area contributed by atoms with E-state index in [0.29, 0.717) is 25.7 Å². The second-order valence-electron chi connectivity index (χ2n) is 9.30. The van der Waals surface area contributed by atoms with Gasteiger partial charge in [-0.1, -0.05) is 91.0 Å². The molecule has 34 heavy (non-hydrogen) atoms. The topological polar surface area (TPSA) is 41.9 Å². The fourth-order valence-electron chi connectivity index (χ4n) is 4.94. The molecule has 0 saturated carbocycles. The van der Waals surface area contributed by atoms with Gasteiger partial charge in [-0.05, 0) is 48.9 Å². The summed E-state index contributed by atoms with van der Waals surface area (Å²) in [4.78, 5) is 2.56. The molecule has 1 aliphatic heterocycles. The third kappa shape index (κ3) is 6.77. The largest absolute Gasteiger partial charge is 0.396 e. The van der Waals surface area contributed by atoms with Gasteiger partial charge in [-0.25, -0.2) is 0 Å². The van der Waals surface area contributed by atoms with E-state index >= 15 is 0 Å². The number of likely N-dealkylation sites (tertiary alicyclic amines) is 1. The quantitative estimate of drug-likeness (QED) is 0.404. The van der Waals surface area contributed by atoms with Gasteiger partial charge in [-0.3, -0.25) is 4.90 Å². The molecule has 4 atom stereocenters. The molecule has 0 radical (unpaired) electrons. The van der Waals surface area contributed by atoms with Crippen LogP contribution in [0.4, 0.5) is 0 Å². The molecule has 1 N–H and O–H groups in total. The zero-order chi connectivity index (χ0) is 23.6. The third-order valence-electron chi connectivity index (χ3n) is 6.96. The molecular formula is C30H37NO3. The SMILES string of the molecule is C[C@@H](c1ccccc1)N1CC[C@H](CO)C[C@@H]1[C@@H](COCc1ccccc1)OCc1ccccc1. The fraction of sp³-hybridized carbons (Fsp3) is 0.400. The molecular weight excluding hydrogens is 422 g/mol. The Bertz CT molecular complexity index is 951. The van der Waals surface area contributed by atoms with Gasteiger partial charge in [0.15, 0.2) is 0 Å². The van der Waals surface area contributed by atoms with E-state index < -0.39 is 0 Å². The number of nitrogens with zero attached hydrogens (tertiary/aromatic N) is 1. The molecule has 4 nitrogen and oxygen atoms in total. The van der Waals surface area contributed by atoms with Crippen molar-refractivity contribution >= 4 is 0 Å². The van der Waals surface area contributed by atoms with Crippen LogP contribution in [0.15, 0.2) is 91.0 Å². The third-order valence-corrected chi connectivity index (χ3v) is 6.96. The number of aliphatic hydroxyl groups is 1. The maximum Gasteiger partial charge on any atom is 0.0968 e. The number of aliphatic hydroxyl groups excluding tert-OH is 1. The van der Waals surface area contributed by atoms with Crippen LogP contribution in [-0.2, 0) is 22.7 Å². The predicted octanol–water partition coefficient (Wildman–Crippen LogP) is 5.62. The molecule has 0 unspecified atom stereocenters. The normalized spacial score (nSPS) is 20.6. The Balaban J connectivity index is 1.52. The first-order valence-corrected chi connectivity index (χ1v) is 12.4. The Morgan fingerprint density at radius 2 is 1.44 bits per heavy atom. The molecule has 1 saturated heterocycles. The highest BCUT2D eigenvalue weighted by atomic mass is 16.5. The van der Waals surface area contributed by atoms with E-state index in [1.54, 1.807) is 0 Å². The van der Waals surface area contributed by atoms with E-state index in [2.05, 4.69) is 66.4 Å². The average Bonchev–Trinajstić information content (AvgIpc) is 2.91. The summed E-state index contributed by atoms with van der Waals surface area (Å²) in [5.74, 6) is 0.293. The summed E-state index contributed by atoms with van der Waals surface area (Å²) < 4.78 is 12.8. The van der Waals surface area contributed by atoms with Crippen LogP contribution in [0.3, 0.4) is 0 Å². The van der Waals surface area contributed by atoms with Crippen molar-refractivity contribution in [3.8, 4) is 0 Å². The molecule has 0 aromatic heterocycles. The molecule has 1 aliphatic rings. The van der Waals surface area contributed by atoms with Crippen molar-refractivity contribution in [2.75, 3.05) is 19.8 Å². The van der Waals surface area contributed by atoms with Crippen molar-refractivity contribution in [2.45, 2.75) is 51.2 Å². The smallest absolute Gasteiger partial charge is 0.0968 e. The molecule has 1 fully saturated rings. The van der Waals surface area contributed by atoms with Gasteiger partial charge in [0.2, 0.25) is 0 Å². The second-order valence-corrected chi connectivity index (χ2v) is 9.30. The van der Waals surface area contributed by atoms with Crippen molar-refractivity contribution < 1.29 is 14.6 Å². The minimum absolute atomic E-state index is 0.0931. The predicted molar refractivity (Wildman–Crippen MR) is 136 cm³/mol. The molecule has 3 aromatic rings. The first-order chi connectivity index (χ1) is 16.7. The van der Waals surface area contributed by atoms with E-state index in [4.69, 9.17) is 9.47 Å². The average molecular weight is 460 g/mol. The van der Waals surface area contributed by atoms with E-state index in [9.17, 15) is 5.11 Å². The van der Waals surface area contributed by atoms with Gasteiger partial charge in [0, 0.05) is 18.7 Å². The first-order valence-electron chi connectivity index (χ1n) is 12.4. The lowest BCUT2D eigenvalue weighted by atomic mass is 9.86. The zero-order valence-corrected chi connectivity index (χ0v) is 20.1. The number of hydrogen-bond acceptors (Lipinski definition) is 4. The van der Waals surface area contributed by atoms with E-state index in [0.717, 1.165) is 30.5 Å². The highest BCUT2D eigenvalue weighted by molar-refractivity contribution is 5.19. The summed E-state index contributed by atoms with van der Waals surface area (Å²) in [6, 6.07) is 31.7. The Labute approximate surface area is 204 Å². The first kappa shape index (κ1) is 24.6. The minimum atomic E-state index is -0.0931. The second kappa shape index (κ2) is 12.8. The van der Waals surface area contributed by atoms with Crippen LogP contribution in [0.25, 0.3) is 0 Å². The molecule has 4 rings (SSSR count). The number of hydrogen-bond donors (Lipinski definition) is 1. The number of benzene rings is 3. The summed E-state index contributed by atoms with van der Waals surface area (Å²) in [6.45, 7) is 5.07. The Morgan fingerprint density at radius 1 is 0.853 bits per heavy atom. The summed E-state index contributed by atoms with van der Waals surface area (Å²) in [7, 11) is 0. The lowest BCUT2D eigenvalue weighted by Crippen LogP contribution is -2.52. The molecule has 180 valence electrons. The molecule has 0 spiro atoms. The van der Waals surface area contributed by atoms with Crippen molar-refractivity contribution in [2.24, 2.45) is 5.92 Å². The van der Waals surface area contributed by atoms with Crippen LogP contribution in [0, 0.1) is 5.92 Å². The lowest BCUT2D eigenvalue weighted by molar-refractivity contribution is -0.0978. The van der Waals surface area contributed by atoms with Gasteiger partial charge in [-0.2, -0.15) is 0 Å². The molecule has 0 aliphatic carbocycles. The van der Waals surface area contributed by atoms with Crippen LogP contribution in [0.2, 0.25) is 0 Å². The van der Waals surface area contributed by atoms with E-state index in [-0.39, 0.29) is 24.8 Å². The summed E-state index contributed by atoms with van der Waals surface area (Å²) in [5, 5.41) is 9.97. The highest BCUT2D eigenvalue weighted by Crippen LogP contribution is 2.33. The van der Waals surface area contributed by atoms with Crippen LogP contribution in [0.5, 0.6) is 0 Å². The number of piperidine rings is 1. The molecule has 3 aromatic carbocycles. The van der Waals surface area contributed by atoms with Crippen molar-refractivity contribution in [1.29, 1.82) is 0 Å². The number of ether oxygens (including phenoxy) is 2. The Morgan fingerprint density at radius 3 is 2.06 bits per heavy atom. The minimum Gasteiger partial charge on any atom is -0.396 e. The molecule has 0 amide bonds. The summed E-state index contributed by atoms with van der Waals surface area (Å²) in [5.41, 5.74) is 3.63. The van der Waals surface area contributed by atoms with Gasteiger partial charge in [0.05, 0.1) is 25.9 Å². The van der Waals surface area contributed by atoms with Crippen molar-refractivity contribution in [1.82, 2.24) is 4.90 Å². The monoisotopic (exact) mass is 459 g/mol. The molecule has 0 bridgehead atoms. The zero-order valence-electron chi connectivity index (χ0n) is 20.1. The van der Waals surface area contributed by atoms with Crippen molar-refractivity contribution in [3.63, 3.8) is 0 Å². The summed E-state index contributed by atoms with van der Waals surface area (Å²) in [6.07, 6.45) is 1.81. The van der Waals surface area contributed by atoms with Crippen LogP contribution in [0.1, 0.15) is 42.5 Å². The lowest BCUT2D eigenvalue weighted by Gasteiger charge is -2.45. The maximum absolute atomic E-state index is 9.97. The van der Waals surface area contributed by atoms with Gasteiger partial charge in [0.25, 0.3) is 0 Å². The highest BCUT2D eigenvalue weighted by Gasteiger charge is 2.37. The van der Waals surface area contributed by atoms with E-state index in [1.165, 1.54) is 5.56 Å². The fourth-order valence-corrected chi connectivity index (χ4v) is 4.94. The van der Waals surface area contributed by atoms with Gasteiger partial charge in [-0.15, -0.1) is 0 Å². The Kier molecular flexibility index (Phi) is 9.28. The standard InChI is InChI=1S/C30H37NO3/c1-24(28-15-9-4-10-16-28)31-18-17-27(20-32)19-29(31)30(34-22-26-13-7-3-8-14-26)23-33-21-25-11-5-2-6-12-25/h2-16,24,27,29-30,32H,17-23H2,1H3/t24-,27-,29+,30+/m0/s1. The van der Waals surface area contributed by atoms with Crippen LogP contribution < -0.4 is 0 Å².